The second kappa shape index (κ2) is 26.5. The van der Waals surface area contributed by atoms with E-state index in [0.717, 1.165) is 83.8 Å². The van der Waals surface area contributed by atoms with Gasteiger partial charge in [-0.2, -0.15) is 0 Å². The van der Waals surface area contributed by atoms with E-state index in [0.29, 0.717) is 0 Å². The van der Waals surface area contributed by atoms with E-state index in [4.69, 9.17) is 0 Å². The highest BCUT2D eigenvalue weighted by molar-refractivity contribution is 6.16. The predicted molar refractivity (Wildman–Crippen MR) is 473 cm³/mol. The van der Waals surface area contributed by atoms with E-state index in [1.54, 1.807) is 0 Å². The topological polar surface area (TPSA) is 19.7 Å². The second-order valence-corrected chi connectivity index (χ2v) is 29.6. The molecule has 22 aromatic rings. The third kappa shape index (κ3) is 11.0. The van der Waals surface area contributed by atoms with Crippen molar-refractivity contribution >= 4 is 87.2 Å². The molecule has 0 aliphatic rings. The summed E-state index contributed by atoms with van der Waals surface area (Å²) in [6, 6.07) is 157. The van der Waals surface area contributed by atoms with E-state index in [1.807, 2.05) is 0 Å². The summed E-state index contributed by atoms with van der Waals surface area (Å²) in [5.41, 5.74) is 34.9. The highest BCUT2D eigenvalue weighted by Gasteiger charge is 2.22. The van der Waals surface area contributed by atoms with Gasteiger partial charge in [0.2, 0.25) is 0 Å². The summed E-state index contributed by atoms with van der Waals surface area (Å²) in [7, 11) is 0. The van der Waals surface area contributed by atoms with E-state index in [2.05, 4.69) is 443 Å². The third-order valence-corrected chi connectivity index (χ3v) is 23.1. The van der Waals surface area contributed by atoms with Crippen LogP contribution in [0.15, 0.2) is 425 Å². The molecule has 22 rings (SSSR count). The van der Waals surface area contributed by atoms with Crippen LogP contribution < -0.4 is 0 Å². The molecule has 0 amide bonds. The van der Waals surface area contributed by atoms with Gasteiger partial charge in [0, 0.05) is 65.8 Å². The van der Waals surface area contributed by atoms with Crippen LogP contribution in [0.25, 0.3) is 210 Å². The fourth-order valence-corrected chi connectivity index (χ4v) is 17.7. The smallest absolute Gasteiger partial charge is 0.0547 e. The van der Waals surface area contributed by atoms with Gasteiger partial charge in [-0.05, 0) is 240 Å². The highest BCUT2D eigenvalue weighted by Crippen LogP contribution is 2.45. The number of para-hydroxylation sites is 3. The Labute approximate surface area is 648 Å². The van der Waals surface area contributed by atoms with Gasteiger partial charge in [0.15, 0.2) is 0 Å². The average molecular weight is 1420 g/mol. The molecule has 4 nitrogen and oxygen atoms in total. The quantitative estimate of drug-likeness (QED) is 0.110. The maximum absolute atomic E-state index is 2.50. The first-order valence-electron chi connectivity index (χ1n) is 38.6. The summed E-state index contributed by atoms with van der Waals surface area (Å²) in [5.74, 6) is 0. The Hall–Kier alpha value is -14.8. The Kier molecular flexibility index (Phi) is 15.2. The van der Waals surface area contributed by atoms with Gasteiger partial charge in [-0.1, -0.05) is 285 Å². The zero-order valence-corrected chi connectivity index (χ0v) is 61.2. The first kappa shape index (κ1) is 64.3. The Balaban J connectivity index is 0.613. The second-order valence-electron chi connectivity index (χ2n) is 29.6. The molecule has 0 radical (unpaired) electrons. The lowest BCUT2D eigenvalue weighted by Crippen LogP contribution is -1.96. The van der Waals surface area contributed by atoms with Gasteiger partial charge in [0.05, 0.1) is 44.1 Å². The van der Waals surface area contributed by atoms with Crippen molar-refractivity contribution in [2.24, 2.45) is 0 Å². The van der Waals surface area contributed by atoms with Gasteiger partial charge >= 0.3 is 0 Å². The van der Waals surface area contributed by atoms with Crippen molar-refractivity contribution in [2.45, 2.75) is 0 Å². The number of hydrogen-bond acceptors (Lipinski definition) is 0. The van der Waals surface area contributed by atoms with Crippen LogP contribution in [0.5, 0.6) is 0 Å². The van der Waals surface area contributed by atoms with E-state index in [9.17, 15) is 0 Å². The van der Waals surface area contributed by atoms with Gasteiger partial charge in [-0.15, -0.1) is 0 Å². The van der Waals surface area contributed by atoms with Crippen LogP contribution in [0, 0.1) is 0 Å². The van der Waals surface area contributed by atoms with Crippen molar-refractivity contribution in [1.82, 2.24) is 18.3 Å². The van der Waals surface area contributed by atoms with Gasteiger partial charge in [-0.3, -0.25) is 0 Å². The van der Waals surface area contributed by atoms with Crippen molar-refractivity contribution in [3.8, 4) is 123 Å². The van der Waals surface area contributed by atoms with Gasteiger partial charge in [0.1, 0.15) is 0 Å². The molecule has 0 fully saturated rings. The Bertz CT molecular complexity index is 7450. The Morgan fingerprint density at radius 2 is 0.330 bits per heavy atom. The minimum atomic E-state index is 1.10. The minimum Gasteiger partial charge on any atom is -0.309 e. The number of benzene rings is 18. The summed E-state index contributed by atoms with van der Waals surface area (Å²) in [4.78, 5) is 0. The summed E-state index contributed by atoms with van der Waals surface area (Å²) < 4.78 is 9.77. The lowest BCUT2D eigenvalue weighted by atomic mass is 9.94. The molecule has 0 unspecified atom stereocenters. The molecule has 18 aromatic carbocycles. The zero-order valence-electron chi connectivity index (χ0n) is 61.2. The van der Waals surface area contributed by atoms with Crippen molar-refractivity contribution in [1.29, 1.82) is 0 Å². The van der Waals surface area contributed by atoms with Gasteiger partial charge in [-0.25, -0.2) is 0 Å². The molecule has 0 spiro atoms. The molecule has 0 atom stereocenters. The van der Waals surface area contributed by atoms with Crippen molar-refractivity contribution in [3.63, 3.8) is 0 Å². The van der Waals surface area contributed by atoms with E-state index >= 15 is 0 Å². The molecule has 0 N–H and O–H groups in total. The SMILES string of the molecule is c1ccc(-c2ccc(-n3c4ccc(-c5ccc6c(c5)c5ccccc5n6-c5cccc(-c6cccc(-c7cccc(-c8cc(-c9ccccc9)cc(-n9c%10ccc(-c%11ccc%12c(c%11)c%11ccccc%11n%12-c%11ccccc%11)cc%10c%10ccc(-c%11ccccc%11)cc%109)c8)c7)c6)c5)cc4c4ccc(-c5ccccc5)cc43)cc2)cc1. The van der Waals surface area contributed by atoms with Crippen LogP contribution in [-0.4, -0.2) is 18.3 Å². The summed E-state index contributed by atoms with van der Waals surface area (Å²) >= 11 is 0. The maximum atomic E-state index is 2.50. The summed E-state index contributed by atoms with van der Waals surface area (Å²) in [6.45, 7) is 0. The maximum Gasteiger partial charge on any atom is 0.0547 e. The van der Waals surface area contributed by atoms with E-state index < -0.39 is 0 Å². The molecular weight excluding hydrogens is 1350 g/mol. The molecule has 4 heterocycles. The number of hydrogen-bond donors (Lipinski definition) is 0. The number of aromatic nitrogens is 4. The van der Waals surface area contributed by atoms with Crippen LogP contribution in [-0.2, 0) is 0 Å². The van der Waals surface area contributed by atoms with Crippen LogP contribution in [0.2, 0.25) is 0 Å². The molecule has 0 aliphatic carbocycles. The van der Waals surface area contributed by atoms with Crippen molar-refractivity contribution in [3.05, 3.63) is 425 Å². The van der Waals surface area contributed by atoms with Crippen molar-refractivity contribution < 1.29 is 0 Å². The highest BCUT2D eigenvalue weighted by atomic mass is 15.0. The normalized spacial score (nSPS) is 11.8. The first-order valence-corrected chi connectivity index (χ1v) is 38.6. The monoisotopic (exact) mass is 1420 g/mol. The van der Waals surface area contributed by atoms with Gasteiger partial charge < -0.3 is 18.3 Å². The molecule has 0 bridgehead atoms. The molecule has 4 heteroatoms. The molecule has 522 valence electrons. The van der Waals surface area contributed by atoms with Crippen LogP contribution in [0.1, 0.15) is 0 Å². The third-order valence-electron chi connectivity index (χ3n) is 23.1. The standard InChI is InChI=1S/C108H70N4/c1-6-23-71(24-7-1)75-43-51-90(52-44-75)110-104-56-48-83(67-99(104)95-53-45-85(69-107(95)110)72-25-8-2-9-26-72)82-49-57-105-98(66-82)94-40-17-19-42-102(94)111(105)91-38-22-35-80(62-91)78-33-20-31-76(59-78)77-32-21-34-79(60-77)88-61-87(74-29-12-4-13-30-74)63-92(64-88)112-106-58-50-84(68-100(106)96-54-46-86(70-108(96)112)73-27-10-3-11-28-73)81-47-55-103-97(65-81)93-39-16-18-41-101(93)109(103)89-36-14-5-15-37-89/h1-70H. The molecular formula is C108H70N4. The van der Waals surface area contributed by atoms with E-state index in [-0.39, 0.29) is 0 Å². The molecule has 4 aromatic heterocycles. The number of fused-ring (bicyclic) bond motifs is 12. The summed E-state index contributed by atoms with van der Waals surface area (Å²) in [6.07, 6.45) is 0. The minimum absolute atomic E-state index is 1.10. The molecule has 0 saturated heterocycles. The van der Waals surface area contributed by atoms with E-state index in [1.165, 1.54) is 126 Å². The van der Waals surface area contributed by atoms with Crippen LogP contribution in [0.4, 0.5) is 0 Å². The molecule has 0 saturated carbocycles. The van der Waals surface area contributed by atoms with Crippen LogP contribution in [0.3, 0.4) is 0 Å². The number of nitrogens with zero attached hydrogens (tertiary/aromatic N) is 4. The largest absolute Gasteiger partial charge is 0.309 e. The molecule has 112 heavy (non-hydrogen) atoms. The lowest BCUT2D eigenvalue weighted by Gasteiger charge is -2.15. The fraction of sp³-hybridized carbons (Fsp3) is 0. The average Bonchev–Trinajstić information content (AvgIpc) is 1.59. The van der Waals surface area contributed by atoms with Crippen molar-refractivity contribution in [2.75, 3.05) is 0 Å². The lowest BCUT2D eigenvalue weighted by molar-refractivity contribution is 1.18. The zero-order chi connectivity index (χ0) is 73.7. The summed E-state index contributed by atoms with van der Waals surface area (Å²) in [5, 5.41) is 9.75. The van der Waals surface area contributed by atoms with Gasteiger partial charge in [0.25, 0.3) is 0 Å². The Morgan fingerprint density at radius 1 is 0.0982 bits per heavy atom. The van der Waals surface area contributed by atoms with Crippen LogP contribution >= 0.6 is 0 Å². The predicted octanol–water partition coefficient (Wildman–Crippen LogP) is 29.1. The first-order chi connectivity index (χ1) is 55.5. The fourth-order valence-electron chi connectivity index (χ4n) is 17.7. The molecule has 0 aliphatic heterocycles. The Morgan fingerprint density at radius 3 is 0.777 bits per heavy atom. The number of rotatable bonds is 13.